The molecule has 0 unspecified atom stereocenters. The fourth-order valence-electron chi connectivity index (χ4n) is 4.88. The summed E-state index contributed by atoms with van der Waals surface area (Å²) in [5.74, 6) is -1.21. The third kappa shape index (κ3) is 3.73. The van der Waals surface area contributed by atoms with Gasteiger partial charge in [0.25, 0.3) is 0 Å². The first-order chi connectivity index (χ1) is 16.8. The van der Waals surface area contributed by atoms with Crippen molar-refractivity contribution in [3.8, 4) is 12.1 Å². The van der Waals surface area contributed by atoms with Crippen LogP contribution in [0.4, 0.5) is 0 Å². The lowest BCUT2D eigenvalue weighted by atomic mass is 9.66. The third-order valence-corrected chi connectivity index (χ3v) is 6.32. The first kappa shape index (κ1) is 21.2. The molecule has 5 rings (SSSR count). The fraction of sp³-hybridized carbons (Fsp3) is 0.0625. The standard InChI is InChI=1S/C32H22N2/c33-21-27-28(22-34)30(24-15-7-2-8-16-24)32(26-19-11-4-12-20-26)31(25-17-9-3-10-18-25)29(27)23-13-5-1-6-14-23/h1-20,27-28H/t27-,28-/m0/s1. The van der Waals surface area contributed by atoms with Crippen molar-refractivity contribution in [1.82, 2.24) is 0 Å². The van der Waals surface area contributed by atoms with Gasteiger partial charge in [0.05, 0.1) is 24.0 Å². The molecule has 0 N–H and O–H groups in total. The van der Waals surface area contributed by atoms with Gasteiger partial charge in [0.1, 0.15) is 0 Å². The Morgan fingerprint density at radius 1 is 0.382 bits per heavy atom. The van der Waals surface area contributed by atoms with Gasteiger partial charge in [-0.05, 0) is 44.5 Å². The van der Waals surface area contributed by atoms with E-state index < -0.39 is 11.8 Å². The highest BCUT2D eigenvalue weighted by molar-refractivity contribution is 6.24. The summed E-state index contributed by atoms with van der Waals surface area (Å²) in [4.78, 5) is 0. The molecule has 1 aliphatic carbocycles. The molecule has 0 spiro atoms. The van der Waals surface area contributed by atoms with Crippen LogP contribution in [0.3, 0.4) is 0 Å². The minimum absolute atomic E-state index is 0.606. The molecule has 160 valence electrons. The van der Waals surface area contributed by atoms with Gasteiger partial charge in [0, 0.05) is 0 Å². The van der Waals surface area contributed by atoms with Crippen molar-refractivity contribution in [2.45, 2.75) is 0 Å². The van der Waals surface area contributed by atoms with E-state index in [1.807, 2.05) is 97.1 Å². The first-order valence-corrected chi connectivity index (χ1v) is 11.3. The Morgan fingerprint density at radius 2 is 0.647 bits per heavy atom. The molecule has 2 heteroatoms. The lowest BCUT2D eigenvalue weighted by Crippen LogP contribution is -2.22. The van der Waals surface area contributed by atoms with Gasteiger partial charge >= 0.3 is 0 Å². The van der Waals surface area contributed by atoms with E-state index in [1.165, 1.54) is 0 Å². The van der Waals surface area contributed by atoms with Crippen LogP contribution in [0, 0.1) is 34.5 Å². The summed E-state index contributed by atoms with van der Waals surface area (Å²) >= 11 is 0. The first-order valence-electron chi connectivity index (χ1n) is 11.3. The zero-order chi connectivity index (χ0) is 23.3. The molecule has 0 aromatic heterocycles. The number of benzene rings is 4. The topological polar surface area (TPSA) is 47.6 Å². The van der Waals surface area contributed by atoms with Gasteiger partial charge in [-0.25, -0.2) is 0 Å². The van der Waals surface area contributed by atoms with Gasteiger partial charge in [-0.1, -0.05) is 121 Å². The van der Waals surface area contributed by atoms with Crippen molar-refractivity contribution in [2.75, 3.05) is 0 Å². The van der Waals surface area contributed by atoms with Crippen molar-refractivity contribution in [2.24, 2.45) is 11.8 Å². The molecule has 0 radical (unpaired) electrons. The number of nitrogens with zero attached hydrogens (tertiary/aromatic N) is 2. The van der Waals surface area contributed by atoms with Gasteiger partial charge < -0.3 is 0 Å². The zero-order valence-electron chi connectivity index (χ0n) is 18.6. The molecule has 4 aromatic rings. The largest absolute Gasteiger partial charge is 0.198 e. The zero-order valence-corrected chi connectivity index (χ0v) is 18.6. The Hall–Kier alpha value is -4.66. The summed E-state index contributed by atoms with van der Waals surface area (Å²) in [6.07, 6.45) is 0. The molecule has 0 amide bonds. The molecule has 0 heterocycles. The molecule has 0 saturated heterocycles. The van der Waals surface area contributed by atoms with Crippen LogP contribution in [-0.2, 0) is 0 Å². The van der Waals surface area contributed by atoms with Crippen molar-refractivity contribution in [3.63, 3.8) is 0 Å². The molecule has 0 saturated carbocycles. The maximum absolute atomic E-state index is 10.5. The summed E-state index contributed by atoms with van der Waals surface area (Å²) in [5.41, 5.74) is 7.82. The van der Waals surface area contributed by atoms with Crippen molar-refractivity contribution in [1.29, 1.82) is 10.5 Å². The monoisotopic (exact) mass is 434 g/mol. The molecule has 2 atom stereocenters. The quantitative estimate of drug-likeness (QED) is 0.334. The van der Waals surface area contributed by atoms with Crippen LogP contribution >= 0.6 is 0 Å². The highest BCUT2D eigenvalue weighted by Crippen LogP contribution is 2.53. The van der Waals surface area contributed by atoms with Crippen molar-refractivity contribution in [3.05, 3.63) is 144 Å². The van der Waals surface area contributed by atoms with E-state index >= 15 is 0 Å². The maximum atomic E-state index is 10.5. The van der Waals surface area contributed by atoms with Gasteiger partial charge in [-0.3, -0.25) is 0 Å². The number of allylic oxidation sites excluding steroid dienone is 4. The van der Waals surface area contributed by atoms with E-state index in [2.05, 4.69) is 36.4 Å². The highest BCUT2D eigenvalue weighted by Gasteiger charge is 2.39. The Labute approximate surface area is 200 Å². The van der Waals surface area contributed by atoms with E-state index in [-0.39, 0.29) is 0 Å². The minimum atomic E-state index is -0.606. The molecular weight excluding hydrogens is 412 g/mol. The van der Waals surface area contributed by atoms with Crippen LogP contribution in [-0.4, -0.2) is 0 Å². The normalized spacial score (nSPS) is 17.7. The molecule has 2 nitrogen and oxygen atoms in total. The van der Waals surface area contributed by atoms with Gasteiger partial charge in [0.15, 0.2) is 0 Å². The highest BCUT2D eigenvalue weighted by atomic mass is 14.4. The molecular formula is C32H22N2. The van der Waals surface area contributed by atoms with Crippen molar-refractivity contribution < 1.29 is 0 Å². The van der Waals surface area contributed by atoms with Crippen LogP contribution in [0.15, 0.2) is 121 Å². The second kappa shape index (κ2) is 9.45. The van der Waals surface area contributed by atoms with Crippen LogP contribution in [0.2, 0.25) is 0 Å². The molecule has 1 aliphatic rings. The second-order valence-corrected chi connectivity index (χ2v) is 8.25. The van der Waals surface area contributed by atoms with Gasteiger partial charge in [0.2, 0.25) is 0 Å². The average Bonchev–Trinajstić information content (AvgIpc) is 2.93. The maximum Gasteiger partial charge on any atom is 0.0924 e. The smallest absolute Gasteiger partial charge is 0.0924 e. The predicted octanol–water partition coefficient (Wildman–Crippen LogP) is 7.50. The number of rotatable bonds is 4. The van der Waals surface area contributed by atoms with Crippen molar-refractivity contribution >= 4 is 22.3 Å². The average molecular weight is 435 g/mol. The molecule has 34 heavy (non-hydrogen) atoms. The Bertz CT molecular complexity index is 1320. The lowest BCUT2D eigenvalue weighted by Gasteiger charge is -2.34. The van der Waals surface area contributed by atoms with Crippen LogP contribution in [0.25, 0.3) is 22.3 Å². The molecule has 0 aliphatic heterocycles. The number of hydrogen-bond donors (Lipinski definition) is 0. The van der Waals surface area contributed by atoms with E-state index in [4.69, 9.17) is 0 Å². The van der Waals surface area contributed by atoms with E-state index in [9.17, 15) is 10.5 Å². The number of nitriles is 2. The van der Waals surface area contributed by atoms with E-state index in [1.54, 1.807) is 0 Å². The summed E-state index contributed by atoms with van der Waals surface area (Å²) < 4.78 is 0. The van der Waals surface area contributed by atoms with Gasteiger partial charge in [-0.2, -0.15) is 10.5 Å². The Balaban J connectivity index is 1.99. The summed E-state index contributed by atoms with van der Waals surface area (Å²) in [6.45, 7) is 0. The number of hydrogen-bond acceptors (Lipinski definition) is 2. The molecule has 0 bridgehead atoms. The van der Waals surface area contributed by atoms with Crippen LogP contribution < -0.4 is 0 Å². The summed E-state index contributed by atoms with van der Waals surface area (Å²) in [5, 5.41) is 20.9. The summed E-state index contributed by atoms with van der Waals surface area (Å²) in [7, 11) is 0. The molecule has 0 fully saturated rings. The van der Waals surface area contributed by atoms with Crippen LogP contribution in [0.5, 0.6) is 0 Å². The lowest BCUT2D eigenvalue weighted by molar-refractivity contribution is 0.733. The minimum Gasteiger partial charge on any atom is -0.198 e. The van der Waals surface area contributed by atoms with Gasteiger partial charge in [-0.15, -0.1) is 0 Å². The van der Waals surface area contributed by atoms with E-state index in [0.717, 1.165) is 44.5 Å². The second-order valence-electron chi connectivity index (χ2n) is 8.25. The Kier molecular flexibility index (Phi) is 5.89. The SMILES string of the molecule is N#C[C@@H]1C(c2ccccc2)=C(c2ccccc2)C(c2ccccc2)=C(c2ccccc2)[C@H]1C#N. The predicted molar refractivity (Wildman–Crippen MR) is 138 cm³/mol. The van der Waals surface area contributed by atoms with Crippen LogP contribution in [0.1, 0.15) is 22.3 Å². The third-order valence-electron chi connectivity index (χ3n) is 6.32. The summed E-state index contributed by atoms with van der Waals surface area (Å²) in [6, 6.07) is 45.5. The fourth-order valence-corrected chi connectivity index (χ4v) is 4.88. The molecule has 4 aromatic carbocycles. The van der Waals surface area contributed by atoms with E-state index in [0.29, 0.717) is 0 Å². The Morgan fingerprint density at radius 3 is 0.912 bits per heavy atom.